The normalized spacial score (nSPS) is 12.4. The molecular weight excluding hydrogens is 172 g/mol. The van der Waals surface area contributed by atoms with Gasteiger partial charge in [0.1, 0.15) is 5.82 Å². The third-order valence-corrected chi connectivity index (χ3v) is 2.40. The second-order valence-corrected chi connectivity index (χ2v) is 5.41. The highest BCUT2D eigenvalue weighted by Crippen LogP contribution is 2.21. The highest BCUT2D eigenvalue weighted by molar-refractivity contribution is 4.95. The van der Waals surface area contributed by atoms with Crippen molar-refractivity contribution in [3.63, 3.8) is 0 Å². The average molecular weight is 194 g/mol. The van der Waals surface area contributed by atoms with Crippen molar-refractivity contribution in [2.24, 2.45) is 5.41 Å². The first-order chi connectivity index (χ1) is 6.40. The fourth-order valence-corrected chi connectivity index (χ4v) is 1.49. The molecule has 1 aromatic rings. The summed E-state index contributed by atoms with van der Waals surface area (Å²) in [6, 6.07) is 0.521. The Morgan fingerprint density at radius 2 is 2.00 bits per heavy atom. The Labute approximate surface area is 87.4 Å². The van der Waals surface area contributed by atoms with Crippen LogP contribution in [0.15, 0.2) is 12.4 Å². The van der Waals surface area contributed by atoms with E-state index >= 15 is 0 Å². The van der Waals surface area contributed by atoms with Crippen LogP contribution in [0.2, 0.25) is 0 Å². The first-order valence-corrected chi connectivity index (χ1v) is 5.42. The van der Waals surface area contributed by atoms with E-state index in [0.29, 0.717) is 11.5 Å². The molecule has 1 rings (SSSR count). The standard InChI is InChI=1S/C12H22N2/c1-10(2)14-9-8-13-11(14)6-7-12(3,4)5/h8-10H,6-7H2,1-5H3. The summed E-state index contributed by atoms with van der Waals surface area (Å²) in [6.07, 6.45) is 6.24. The number of imidazole rings is 1. The molecule has 0 radical (unpaired) electrons. The monoisotopic (exact) mass is 194 g/mol. The minimum absolute atomic E-state index is 0.397. The van der Waals surface area contributed by atoms with Crippen LogP contribution >= 0.6 is 0 Å². The predicted octanol–water partition coefficient (Wildman–Crippen LogP) is 3.44. The van der Waals surface area contributed by atoms with Crippen molar-refractivity contribution in [3.05, 3.63) is 18.2 Å². The third-order valence-electron chi connectivity index (χ3n) is 2.40. The van der Waals surface area contributed by atoms with E-state index in [1.54, 1.807) is 0 Å². The lowest BCUT2D eigenvalue weighted by Crippen LogP contribution is -2.11. The first-order valence-electron chi connectivity index (χ1n) is 5.42. The van der Waals surface area contributed by atoms with Gasteiger partial charge in [0.25, 0.3) is 0 Å². The summed E-state index contributed by atoms with van der Waals surface area (Å²) < 4.78 is 2.26. The largest absolute Gasteiger partial charge is 0.332 e. The van der Waals surface area contributed by atoms with E-state index < -0.39 is 0 Å². The van der Waals surface area contributed by atoms with Gasteiger partial charge in [-0.25, -0.2) is 4.98 Å². The van der Waals surface area contributed by atoms with Crippen LogP contribution in [-0.4, -0.2) is 9.55 Å². The summed E-state index contributed by atoms with van der Waals surface area (Å²) in [6.45, 7) is 11.2. The van der Waals surface area contributed by atoms with Crippen LogP contribution in [0.4, 0.5) is 0 Å². The van der Waals surface area contributed by atoms with Gasteiger partial charge in [0.05, 0.1) is 0 Å². The van der Waals surface area contributed by atoms with Gasteiger partial charge in [0.2, 0.25) is 0 Å². The van der Waals surface area contributed by atoms with E-state index in [1.807, 2.05) is 6.20 Å². The van der Waals surface area contributed by atoms with E-state index in [2.05, 4.69) is 50.4 Å². The predicted molar refractivity (Wildman–Crippen MR) is 60.4 cm³/mol. The molecule has 1 heterocycles. The summed E-state index contributed by atoms with van der Waals surface area (Å²) in [5.74, 6) is 1.22. The van der Waals surface area contributed by atoms with Crippen LogP contribution in [-0.2, 0) is 6.42 Å². The van der Waals surface area contributed by atoms with Crippen LogP contribution in [0.3, 0.4) is 0 Å². The van der Waals surface area contributed by atoms with Crippen molar-refractivity contribution in [1.29, 1.82) is 0 Å². The smallest absolute Gasteiger partial charge is 0.108 e. The maximum absolute atomic E-state index is 4.40. The number of rotatable bonds is 3. The fraction of sp³-hybridized carbons (Fsp3) is 0.750. The topological polar surface area (TPSA) is 17.8 Å². The molecular formula is C12H22N2. The van der Waals surface area contributed by atoms with Gasteiger partial charge < -0.3 is 4.57 Å². The van der Waals surface area contributed by atoms with Crippen molar-refractivity contribution >= 4 is 0 Å². The van der Waals surface area contributed by atoms with Gasteiger partial charge >= 0.3 is 0 Å². The van der Waals surface area contributed by atoms with Gasteiger partial charge in [0.15, 0.2) is 0 Å². The molecule has 0 saturated carbocycles. The van der Waals surface area contributed by atoms with Gasteiger partial charge in [-0.2, -0.15) is 0 Å². The zero-order valence-corrected chi connectivity index (χ0v) is 10.0. The van der Waals surface area contributed by atoms with Crippen LogP contribution in [0.5, 0.6) is 0 Å². The Hall–Kier alpha value is -0.790. The van der Waals surface area contributed by atoms with Crippen molar-refractivity contribution in [2.45, 2.75) is 53.5 Å². The number of aromatic nitrogens is 2. The maximum Gasteiger partial charge on any atom is 0.108 e. The van der Waals surface area contributed by atoms with E-state index in [0.717, 1.165) is 6.42 Å². The van der Waals surface area contributed by atoms with Gasteiger partial charge in [-0.1, -0.05) is 20.8 Å². The Kier molecular flexibility index (Phi) is 3.35. The third kappa shape index (κ3) is 3.17. The Balaban J connectivity index is 2.63. The van der Waals surface area contributed by atoms with Crippen LogP contribution in [0, 0.1) is 5.41 Å². The molecule has 0 aliphatic rings. The molecule has 0 amide bonds. The molecule has 0 aromatic carbocycles. The zero-order chi connectivity index (χ0) is 10.8. The van der Waals surface area contributed by atoms with E-state index in [-0.39, 0.29) is 0 Å². The van der Waals surface area contributed by atoms with Crippen LogP contribution in [0.1, 0.15) is 52.9 Å². The molecule has 0 saturated heterocycles. The second-order valence-electron chi connectivity index (χ2n) is 5.41. The summed E-state index contributed by atoms with van der Waals surface area (Å²) in [7, 11) is 0. The van der Waals surface area contributed by atoms with E-state index in [1.165, 1.54) is 12.2 Å². The van der Waals surface area contributed by atoms with Crippen LogP contribution in [0.25, 0.3) is 0 Å². The molecule has 0 aliphatic heterocycles. The van der Waals surface area contributed by atoms with E-state index in [9.17, 15) is 0 Å². The Morgan fingerprint density at radius 3 is 2.50 bits per heavy atom. The van der Waals surface area contributed by atoms with Crippen molar-refractivity contribution < 1.29 is 0 Å². The van der Waals surface area contributed by atoms with Gasteiger partial charge in [-0.15, -0.1) is 0 Å². The summed E-state index contributed by atoms with van der Waals surface area (Å²) in [4.78, 5) is 4.40. The molecule has 2 nitrogen and oxygen atoms in total. The number of hydrogen-bond acceptors (Lipinski definition) is 1. The second kappa shape index (κ2) is 4.16. The van der Waals surface area contributed by atoms with Crippen molar-refractivity contribution in [1.82, 2.24) is 9.55 Å². The van der Waals surface area contributed by atoms with Gasteiger partial charge in [0, 0.05) is 24.9 Å². The SMILES string of the molecule is CC(C)n1ccnc1CCC(C)(C)C. The fourth-order valence-electron chi connectivity index (χ4n) is 1.49. The highest BCUT2D eigenvalue weighted by atomic mass is 15.1. The lowest BCUT2D eigenvalue weighted by Gasteiger charge is -2.18. The summed E-state index contributed by atoms with van der Waals surface area (Å²) in [5, 5.41) is 0. The zero-order valence-electron chi connectivity index (χ0n) is 10.0. The molecule has 0 N–H and O–H groups in total. The average Bonchev–Trinajstić information content (AvgIpc) is 2.46. The number of nitrogens with zero attached hydrogens (tertiary/aromatic N) is 2. The van der Waals surface area contributed by atoms with Gasteiger partial charge in [-0.3, -0.25) is 0 Å². The minimum Gasteiger partial charge on any atom is -0.332 e. The lowest BCUT2D eigenvalue weighted by molar-refractivity contribution is 0.369. The van der Waals surface area contributed by atoms with Crippen molar-refractivity contribution in [3.8, 4) is 0 Å². The Bertz CT molecular complexity index is 279. The summed E-state index contributed by atoms with van der Waals surface area (Å²) >= 11 is 0. The molecule has 0 fully saturated rings. The molecule has 80 valence electrons. The maximum atomic E-state index is 4.40. The first kappa shape index (κ1) is 11.3. The van der Waals surface area contributed by atoms with Gasteiger partial charge in [-0.05, 0) is 25.7 Å². The van der Waals surface area contributed by atoms with Crippen LogP contribution < -0.4 is 0 Å². The molecule has 0 unspecified atom stereocenters. The molecule has 2 heteroatoms. The minimum atomic E-state index is 0.397. The molecule has 0 atom stereocenters. The van der Waals surface area contributed by atoms with E-state index in [4.69, 9.17) is 0 Å². The lowest BCUT2D eigenvalue weighted by atomic mass is 9.90. The highest BCUT2D eigenvalue weighted by Gasteiger charge is 2.13. The molecule has 14 heavy (non-hydrogen) atoms. The molecule has 0 aliphatic carbocycles. The molecule has 0 bridgehead atoms. The Morgan fingerprint density at radius 1 is 1.36 bits per heavy atom. The quantitative estimate of drug-likeness (QED) is 0.720. The molecule has 1 aromatic heterocycles. The summed E-state index contributed by atoms with van der Waals surface area (Å²) in [5.41, 5.74) is 0.397. The molecule has 0 spiro atoms. The number of aryl methyl sites for hydroxylation is 1. The van der Waals surface area contributed by atoms with Crippen molar-refractivity contribution in [2.75, 3.05) is 0 Å². The number of hydrogen-bond donors (Lipinski definition) is 0.